The third-order valence-electron chi connectivity index (χ3n) is 3.09. The van der Waals surface area contributed by atoms with Gasteiger partial charge in [-0.05, 0) is 25.0 Å². The first-order chi connectivity index (χ1) is 8.26. The molecule has 0 bridgehead atoms. The van der Waals surface area contributed by atoms with Gasteiger partial charge in [-0.2, -0.15) is 5.26 Å². The van der Waals surface area contributed by atoms with Gasteiger partial charge >= 0.3 is 0 Å². The number of hydrogen-bond donors (Lipinski definition) is 0. The minimum Gasteiger partial charge on any atom is -0.370 e. The molecule has 4 heteroatoms. The van der Waals surface area contributed by atoms with E-state index in [-0.39, 0.29) is 5.92 Å². The normalized spacial score (nSPS) is 19.8. The van der Waals surface area contributed by atoms with Crippen molar-refractivity contribution in [2.75, 3.05) is 18.0 Å². The lowest BCUT2D eigenvalue weighted by Gasteiger charge is -2.32. The first-order valence-corrected chi connectivity index (χ1v) is 6.03. The fraction of sp³-hybridized carbons (Fsp3) is 0.385. The molecule has 17 heavy (non-hydrogen) atoms. The lowest BCUT2D eigenvalue weighted by molar-refractivity contribution is -0.111. The summed E-state index contributed by atoms with van der Waals surface area (Å²) in [5.41, 5.74) is 1.34. The van der Waals surface area contributed by atoms with Gasteiger partial charge in [-0.1, -0.05) is 17.7 Å². The molecule has 1 aliphatic heterocycles. The maximum atomic E-state index is 10.8. The number of carbonyl (C=O) groups excluding carboxylic acids is 1. The molecular formula is C13H13ClN2O. The van der Waals surface area contributed by atoms with Crippen molar-refractivity contribution in [1.29, 1.82) is 5.26 Å². The molecule has 1 fully saturated rings. The monoisotopic (exact) mass is 248 g/mol. The van der Waals surface area contributed by atoms with Gasteiger partial charge in [-0.15, -0.1) is 0 Å². The Bertz CT molecular complexity index is 467. The Labute approximate surface area is 106 Å². The third-order valence-corrected chi connectivity index (χ3v) is 3.41. The van der Waals surface area contributed by atoms with E-state index in [1.165, 1.54) is 0 Å². The number of nitriles is 1. The van der Waals surface area contributed by atoms with E-state index >= 15 is 0 Å². The molecule has 1 aliphatic rings. The summed E-state index contributed by atoms with van der Waals surface area (Å²) in [6, 6.07) is 7.57. The maximum absolute atomic E-state index is 10.8. The average Bonchev–Trinajstić information content (AvgIpc) is 2.38. The second kappa shape index (κ2) is 5.20. The lowest BCUT2D eigenvalue weighted by Crippen LogP contribution is -2.36. The van der Waals surface area contributed by atoms with Crippen molar-refractivity contribution in [1.82, 2.24) is 0 Å². The smallest absolute Gasteiger partial charge is 0.124 e. The van der Waals surface area contributed by atoms with Crippen LogP contribution >= 0.6 is 11.6 Å². The zero-order chi connectivity index (χ0) is 12.3. The summed E-state index contributed by atoms with van der Waals surface area (Å²) >= 11 is 6.00. The van der Waals surface area contributed by atoms with Gasteiger partial charge in [-0.3, -0.25) is 0 Å². The van der Waals surface area contributed by atoms with Crippen LogP contribution in [0.3, 0.4) is 0 Å². The highest BCUT2D eigenvalue weighted by Crippen LogP contribution is 2.29. The molecule has 0 spiro atoms. The largest absolute Gasteiger partial charge is 0.370 e. The molecular weight excluding hydrogens is 236 g/mol. The van der Waals surface area contributed by atoms with Crippen LogP contribution in [0.4, 0.5) is 5.69 Å². The van der Waals surface area contributed by atoms with Gasteiger partial charge in [0.2, 0.25) is 0 Å². The standard InChI is InChI=1S/C13H13ClN2O/c14-12-4-1-5-13(11(12)7-15)16-6-2-3-10(8-16)9-17/h1,4-5,9-10H,2-3,6,8H2. The fourth-order valence-electron chi connectivity index (χ4n) is 2.23. The van der Waals surface area contributed by atoms with Gasteiger partial charge in [0.25, 0.3) is 0 Å². The summed E-state index contributed by atoms with van der Waals surface area (Å²) in [7, 11) is 0. The van der Waals surface area contributed by atoms with E-state index in [0.717, 1.165) is 31.4 Å². The number of aldehydes is 1. The van der Waals surface area contributed by atoms with Crippen LogP contribution in [0, 0.1) is 17.2 Å². The molecule has 1 unspecified atom stereocenters. The molecule has 1 aromatic rings. The molecule has 3 nitrogen and oxygen atoms in total. The molecule has 2 rings (SSSR count). The summed E-state index contributed by atoms with van der Waals surface area (Å²) in [4.78, 5) is 12.9. The molecule has 0 saturated carbocycles. The van der Waals surface area contributed by atoms with Crippen LogP contribution in [0.1, 0.15) is 18.4 Å². The third kappa shape index (κ3) is 2.42. The van der Waals surface area contributed by atoms with Gasteiger partial charge in [0, 0.05) is 19.0 Å². The summed E-state index contributed by atoms with van der Waals surface area (Å²) in [5, 5.41) is 9.59. The molecule has 1 atom stereocenters. The number of hydrogen-bond acceptors (Lipinski definition) is 3. The summed E-state index contributed by atoms with van der Waals surface area (Å²) in [6.07, 6.45) is 2.91. The molecule has 1 aromatic carbocycles. The van der Waals surface area contributed by atoms with E-state index in [9.17, 15) is 4.79 Å². The van der Waals surface area contributed by atoms with Crippen molar-refractivity contribution in [2.45, 2.75) is 12.8 Å². The van der Waals surface area contributed by atoms with Gasteiger partial charge in [0.15, 0.2) is 0 Å². The van der Waals surface area contributed by atoms with Crippen molar-refractivity contribution in [2.24, 2.45) is 5.92 Å². The molecule has 0 radical (unpaired) electrons. The van der Waals surface area contributed by atoms with Gasteiger partial charge in [0.05, 0.1) is 16.3 Å². The molecule has 0 amide bonds. The second-order valence-electron chi connectivity index (χ2n) is 4.23. The Hall–Kier alpha value is -1.53. The summed E-state index contributed by atoms with van der Waals surface area (Å²) in [6.45, 7) is 1.55. The van der Waals surface area contributed by atoms with Crippen molar-refractivity contribution in [3.05, 3.63) is 28.8 Å². The Morgan fingerprint density at radius 2 is 2.35 bits per heavy atom. The number of piperidine rings is 1. The molecule has 0 aliphatic carbocycles. The highest BCUT2D eigenvalue weighted by molar-refractivity contribution is 6.32. The highest BCUT2D eigenvalue weighted by atomic mass is 35.5. The molecule has 0 N–H and O–H groups in total. The number of rotatable bonds is 2. The number of carbonyl (C=O) groups is 1. The van der Waals surface area contributed by atoms with Gasteiger partial charge in [-0.25, -0.2) is 0 Å². The maximum Gasteiger partial charge on any atom is 0.124 e. The Morgan fingerprint density at radius 3 is 3.06 bits per heavy atom. The second-order valence-corrected chi connectivity index (χ2v) is 4.64. The van der Waals surface area contributed by atoms with E-state index in [1.54, 1.807) is 6.07 Å². The zero-order valence-electron chi connectivity index (χ0n) is 9.40. The molecule has 1 saturated heterocycles. The van der Waals surface area contributed by atoms with Crippen LogP contribution in [0.2, 0.25) is 5.02 Å². The molecule has 88 valence electrons. The van der Waals surface area contributed by atoms with E-state index in [2.05, 4.69) is 11.0 Å². The first kappa shape index (κ1) is 11.9. The predicted octanol–water partition coefficient (Wildman–Crippen LogP) is 2.63. The number of anilines is 1. The lowest BCUT2D eigenvalue weighted by atomic mass is 9.98. The summed E-state index contributed by atoms with van der Waals surface area (Å²) in [5.74, 6) is 0.0641. The number of nitrogens with zero attached hydrogens (tertiary/aromatic N) is 2. The van der Waals surface area contributed by atoms with Gasteiger partial charge in [0.1, 0.15) is 12.4 Å². The van der Waals surface area contributed by atoms with E-state index in [1.807, 2.05) is 12.1 Å². The fourth-order valence-corrected chi connectivity index (χ4v) is 2.44. The quantitative estimate of drug-likeness (QED) is 0.756. The van der Waals surface area contributed by atoms with Crippen LogP contribution in [-0.2, 0) is 4.79 Å². The van der Waals surface area contributed by atoms with Gasteiger partial charge < -0.3 is 9.69 Å². The molecule has 0 aromatic heterocycles. The first-order valence-electron chi connectivity index (χ1n) is 5.65. The SMILES string of the molecule is N#Cc1c(Cl)cccc1N1CCCC(C=O)C1. The minimum atomic E-state index is 0.0641. The van der Waals surface area contributed by atoms with Crippen LogP contribution < -0.4 is 4.90 Å². The minimum absolute atomic E-state index is 0.0641. The van der Waals surface area contributed by atoms with E-state index in [0.29, 0.717) is 17.1 Å². The van der Waals surface area contributed by atoms with Crippen LogP contribution in [0.25, 0.3) is 0 Å². The Morgan fingerprint density at radius 1 is 1.53 bits per heavy atom. The highest BCUT2D eigenvalue weighted by Gasteiger charge is 2.22. The molecule has 1 heterocycles. The van der Waals surface area contributed by atoms with Crippen LogP contribution in [0.5, 0.6) is 0 Å². The van der Waals surface area contributed by atoms with Crippen molar-refractivity contribution < 1.29 is 4.79 Å². The number of benzene rings is 1. The van der Waals surface area contributed by atoms with Crippen LogP contribution in [-0.4, -0.2) is 19.4 Å². The predicted molar refractivity (Wildman–Crippen MR) is 67.2 cm³/mol. The topological polar surface area (TPSA) is 44.1 Å². The number of halogens is 1. The Kier molecular flexibility index (Phi) is 3.65. The van der Waals surface area contributed by atoms with E-state index < -0.39 is 0 Å². The van der Waals surface area contributed by atoms with Crippen molar-refractivity contribution in [3.8, 4) is 6.07 Å². The Balaban J connectivity index is 2.31. The van der Waals surface area contributed by atoms with E-state index in [4.69, 9.17) is 16.9 Å². The zero-order valence-corrected chi connectivity index (χ0v) is 10.2. The average molecular weight is 249 g/mol. The van der Waals surface area contributed by atoms with Crippen LogP contribution in [0.15, 0.2) is 18.2 Å². The summed E-state index contributed by atoms with van der Waals surface area (Å²) < 4.78 is 0. The van der Waals surface area contributed by atoms with Crippen molar-refractivity contribution >= 4 is 23.6 Å². The van der Waals surface area contributed by atoms with Crippen molar-refractivity contribution in [3.63, 3.8) is 0 Å².